The van der Waals surface area contributed by atoms with Crippen LogP contribution in [-0.2, 0) is 14.8 Å². The number of carbonyl (C=O) groups is 1. The van der Waals surface area contributed by atoms with E-state index in [4.69, 9.17) is 5.11 Å². The van der Waals surface area contributed by atoms with Crippen LogP contribution in [0.2, 0.25) is 0 Å². The van der Waals surface area contributed by atoms with Gasteiger partial charge in [-0.25, -0.2) is 8.42 Å². The number of sulfonamides is 1. The number of carboxylic acids is 1. The third kappa shape index (κ3) is 2.48. The second kappa shape index (κ2) is 4.70. The maximum atomic E-state index is 12.2. The zero-order valence-electron chi connectivity index (χ0n) is 11.9. The molecule has 0 aromatic heterocycles. The Balaban J connectivity index is 1.88. The Bertz CT molecular complexity index is 478. The van der Waals surface area contributed by atoms with Crippen LogP contribution in [0.3, 0.4) is 0 Å². The van der Waals surface area contributed by atoms with E-state index in [9.17, 15) is 13.2 Å². The van der Waals surface area contributed by atoms with Crippen molar-refractivity contribution in [1.82, 2.24) is 4.31 Å². The topological polar surface area (TPSA) is 74.7 Å². The van der Waals surface area contributed by atoms with Crippen LogP contribution >= 0.6 is 0 Å². The zero-order chi connectivity index (χ0) is 14.5. The first-order valence-electron chi connectivity index (χ1n) is 7.48. The Labute approximate surface area is 120 Å². The highest BCUT2D eigenvalue weighted by Crippen LogP contribution is 2.58. The average molecular weight is 301 g/mol. The smallest absolute Gasteiger partial charge is 0.304 e. The standard InChI is InChI=1S/C14H23NO4S/c1-20(18,19)15(3-2-13(16)17)14-7-10-4-11(8-14)6-12(5-10)9-14/h10-12H,2-9H2,1H3,(H,16,17). The number of nitrogens with zero attached hydrogens (tertiary/aromatic N) is 1. The molecule has 4 saturated carbocycles. The molecular weight excluding hydrogens is 278 g/mol. The fourth-order valence-electron chi connectivity index (χ4n) is 5.32. The molecule has 1 N–H and O–H groups in total. The summed E-state index contributed by atoms with van der Waals surface area (Å²) in [6.45, 7) is 0.125. The maximum Gasteiger partial charge on any atom is 0.304 e. The number of aliphatic carboxylic acids is 1. The van der Waals surface area contributed by atoms with Gasteiger partial charge in [0.25, 0.3) is 0 Å². The van der Waals surface area contributed by atoms with E-state index in [1.54, 1.807) is 4.31 Å². The van der Waals surface area contributed by atoms with Gasteiger partial charge < -0.3 is 5.11 Å². The van der Waals surface area contributed by atoms with Crippen LogP contribution in [0.15, 0.2) is 0 Å². The minimum atomic E-state index is -3.35. The van der Waals surface area contributed by atoms with Crippen molar-refractivity contribution in [2.24, 2.45) is 17.8 Å². The zero-order valence-corrected chi connectivity index (χ0v) is 12.7. The molecule has 4 aliphatic carbocycles. The van der Waals surface area contributed by atoms with Crippen molar-refractivity contribution in [1.29, 1.82) is 0 Å². The van der Waals surface area contributed by atoms with Crippen molar-refractivity contribution in [3.63, 3.8) is 0 Å². The van der Waals surface area contributed by atoms with Crippen LogP contribution < -0.4 is 0 Å². The van der Waals surface area contributed by atoms with Gasteiger partial charge in [-0.05, 0) is 56.3 Å². The van der Waals surface area contributed by atoms with E-state index >= 15 is 0 Å². The molecule has 0 aliphatic heterocycles. The van der Waals surface area contributed by atoms with Crippen molar-refractivity contribution in [2.45, 2.75) is 50.5 Å². The fraction of sp³-hybridized carbons (Fsp3) is 0.929. The molecule has 4 bridgehead atoms. The largest absolute Gasteiger partial charge is 0.481 e. The Morgan fingerprint density at radius 1 is 1.15 bits per heavy atom. The summed E-state index contributed by atoms with van der Waals surface area (Å²) in [4.78, 5) is 10.8. The minimum Gasteiger partial charge on any atom is -0.481 e. The first-order chi connectivity index (χ1) is 9.28. The summed E-state index contributed by atoms with van der Waals surface area (Å²) in [6.07, 6.45) is 7.67. The molecule has 20 heavy (non-hydrogen) atoms. The van der Waals surface area contributed by atoms with Crippen molar-refractivity contribution in [3.8, 4) is 0 Å². The van der Waals surface area contributed by atoms with Gasteiger partial charge in [0.2, 0.25) is 10.0 Å². The van der Waals surface area contributed by atoms with Gasteiger partial charge in [-0.1, -0.05) is 0 Å². The molecule has 0 unspecified atom stereocenters. The molecule has 0 radical (unpaired) electrons. The van der Waals surface area contributed by atoms with Crippen molar-refractivity contribution < 1.29 is 18.3 Å². The number of hydrogen-bond donors (Lipinski definition) is 1. The van der Waals surface area contributed by atoms with Crippen LogP contribution in [0.1, 0.15) is 44.9 Å². The fourth-order valence-corrected chi connectivity index (χ4v) is 6.67. The SMILES string of the molecule is CS(=O)(=O)N(CCC(=O)O)C12CC3CC(CC(C3)C1)C2. The third-order valence-electron chi connectivity index (χ3n) is 5.46. The summed E-state index contributed by atoms with van der Waals surface area (Å²) in [6, 6.07) is 0. The van der Waals surface area contributed by atoms with Crippen LogP contribution in [0.4, 0.5) is 0 Å². The highest BCUT2D eigenvalue weighted by molar-refractivity contribution is 7.88. The lowest BCUT2D eigenvalue weighted by Gasteiger charge is -2.59. The Morgan fingerprint density at radius 2 is 1.60 bits per heavy atom. The molecule has 4 fully saturated rings. The maximum absolute atomic E-state index is 12.2. The molecular formula is C14H23NO4S. The quantitative estimate of drug-likeness (QED) is 0.838. The number of carboxylic acid groups (broad SMARTS) is 1. The molecule has 0 atom stereocenters. The molecule has 4 aliphatic rings. The molecule has 0 amide bonds. The minimum absolute atomic E-state index is 0.102. The van der Waals surface area contributed by atoms with Gasteiger partial charge >= 0.3 is 5.97 Å². The van der Waals surface area contributed by atoms with Crippen molar-refractivity contribution in [3.05, 3.63) is 0 Å². The van der Waals surface area contributed by atoms with E-state index in [0.29, 0.717) is 17.8 Å². The highest BCUT2D eigenvalue weighted by Gasteiger charge is 2.55. The summed E-state index contributed by atoms with van der Waals surface area (Å²) in [5, 5.41) is 8.89. The van der Waals surface area contributed by atoms with Crippen LogP contribution in [-0.4, -0.2) is 42.1 Å². The van der Waals surface area contributed by atoms with E-state index < -0.39 is 16.0 Å². The van der Waals surface area contributed by atoms with Gasteiger partial charge in [-0.15, -0.1) is 0 Å². The van der Waals surface area contributed by atoms with E-state index in [2.05, 4.69) is 0 Å². The van der Waals surface area contributed by atoms with Crippen molar-refractivity contribution >= 4 is 16.0 Å². The second-order valence-electron chi connectivity index (χ2n) is 7.12. The van der Waals surface area contributed by atoms with Crippen molar-refractivity contribution in [2.75, 3.05) is 12.8 Å². The Morgan fingerprint density at radius 3 is 1.95 bits per heavy atom. The summed E-state index contributed by atoms with van der Waals surface area (Å²) in [5.41, 5.74) is -0.280. The Hall–Kier alpha value is -0.620. The first kappa shape index (κ1) is 14.3. The monoisotopic (exact) mass is 301 g/mol. The van der Waals surface area contributed by atoms with Crippen LogP contribution in [0.5, 0.6) is 0 Å². The summed E-state index contributed by atoms with van der Waals surface area (Å²) in [5.74, 6) is 1.02. The van der Waals surface area contributed by atoms with E-state index in [-0.39, 0.29) is 18.5 Å². The number of hydrogen-bond acceptors (Lipinski definition) is 3. The Kier molecular flexibility index (Phi) is 3.36. The van der Waals surface area contributed by atoms with E-state index in [0.717, 1.165) is 19.3 Å². The normalized spacial score (nSPS) is 39.4. The van der Waals surface area contributed by atoms with Gasteiger partial charge in [0.15, 0.2) is 0 Å². The molecule has 4 rings (SSSR count). The first-order valence-corrected chi connectivity index (χ1v) is 9.33. The van der Waals surface area contributed by atoms with Gasteiger partial charge in [0, 0.05) is 12.1 Å². The van der Waals surface area contributed by atoms with Crippen LogP contribution in [0.25, 0.3) is 0 Å². The molecule has 5 nitrogen and oxygen atoms in total. The second-order valence-corrected chi connectivity index (χ2v) is 9.03. The summed E-state index contributed by atoms with van der Waals surface area (Å²) >= 11 is 0. The molecule has 0 spiro atoms. The van der Waals surface area contributed by atoms with Gasteiger partial charge in [-0.2, -0.15) is 4.31 Å². The number of rotatable bonds is 5. The van der Waals surface area contributed by atoms with E-state index in [1.165, 1.54) is 25.5 Å². The predicted molar refractivity (Wildman–Crippen MR) is 74.7 cm³/mol. The predicted octanol–water partition coefficient (Wildman–Crippen LogP) is 1.69. The summed E-state index contributed by atoms with van der Waals surface area (Å²) in [7, 11) is -3.35. The molecule has 0 aromatic carbocycles. The lowest BCUT2D eigenvalue weighted by Crippen LogP contribution is -2.61. The molecule has 0 aromatic rings. The molecule has 114 valence electrons. The van der Waals surface area contributed by atoms with Crippen LogP contribution in [0, 0.1) is 17.8 Å². The third-order valence-corrected chi connectivity index (χ3v) is 6.83. The highest BCUT2D eigenvalue weighted by atomic mass is 32.2. The average Bonchev–Trinajstić information content (AvgIpc) is 2.23. The lowest BCUT2D eigenvalue weighted by molar-refractivity contribution is -0.137. The van der Waals surface area contributed by atoms with Gasteiger partial charge in [0.1, 0.15) is 0 Å². The van der Waals surface area contributed by atoms with Gasteiger partial charge in [-0.3, -0.25) is 4.79 Å². The molecule has 0 saturated heterocycles. The molecule has 0 heterocycles. The lowest BCUT2D eigenvalue weighted by atomic mass is 9.53. The molecule has 6 heteroatoms. The van der Waals surface area contributed by atoms with Gasteiger partial charge in [0.05, 0.1) is 12.7 Å². The van der Waals surface area contributed by atoms with E-state index in [1.807, 2.05) is 0 Å². The summed E-state index contributed by atoms with van der Waals surface area (Å²) < 4.78 is 25.9.